The van der Waals surface area contributed by atoms with E-state index in [-0.39, 0.29) is 17.9 Å². The van der Waals surface area contributed by atoms with E-state index in [9.17, 15) is 9.59 Å². The van der Waals surface area contributed by atoms with Gasteiger partial charge in [-0.2, -0.15) is 0 Å². The summed E-state index contributed by atoms with van der Waals surface area (Å²) in [5, 5.41) is 0. The first-order valence-electron chi connectivity index (χ1n) is 5.49. The Morgan fingerprint density at radius 3 is 2.80 bits per heavy atom. The molecule has 0 bridgehead atoms. The molecule has 2 fully saturated rings. The first-order valence-corrected chi connectivity index (χ1v) is 7.02. The summed E-state index contributed by atoms with van der Waals surface area (Å²) in [6, 6.07) is 0. The Morgan fingerprint density at radius 1 is 1.33 bits per heavy atom. The number of halogens is 1. The van der Waals surface area contributed by atoms with Crippen molar-refractivity contribution < 1.29 is 14.3 Å². The Labute approximate surface area is 103 Å². The molecule has 1 spiro atoms. The molecule has 2 atom stereocenters. The zero-order valence-corrected chi connectivity index (χ0v) is 10.8. The Bertz CT molecular complexity index is 290. The first-order chi connectivity index (χ1) is 7.19. The van der Waals surface area contributed by atoms with E-state index in [1.165, 1.54) is 0 Å². The van der Waals surface area contributed by atoms with Crippen LogP contribution < -0.4 is 0 Å². The lowest BCUT2D eigenvalue weighted by atomic mass is 9.77. The van der Waals surface area contributed by atoms with Gasteiger partial charge in [0.25, 0.3) is 0 Å². The average Bonchev–Trinajstić information content (AvgIpc) is 2.43. The van der Waals surface area contributed by atoms with E-state index in [0.717, 1.165) is 23.7 Å². The van der Waals surface area contributed by atoms with Crippen LogP contribution >= 0.6 is 22.6 Å². The van der Waals surface area contributed by atoms with E-state index in [0.29, 0.717) is 19.3 Å². The van der Waals surface area contributed by atoms with Crippen molar-refractivity contribution in [3.8, 4) is 0 Å². The molecule has 15 heavy (non-hydrogen) atoms. The summed E-state index contributed by atoms with van der Waals surface area (Å²) in [5.74, 6) is -0.131. The summed E-state index contributed by atoms with van der Waals surface area (Å²) in [4.78, 5) is 23.8. The summed E-state index contributed by atoms with van der Waals surface area (Å²) in [6.45, 7) is 0. The van der Waals surface area contributed by atoms with Crippen LogP contribution in [0.3, 0.4) is 0 Å². The Balaban J connectivity index is 2.23. The van der Waals surface area contributed by atoms with E-state index >= 15 is 0 Å². The second-order valence-corrected chi connectivity index (χ2v) is 5.33. The fraction of sp³-hybridized carbons (Fsp3) is 0.818. The lowest BCUT2D eigenvalue weighted by molar-refractivity contribution is -0.152. The van der Waals surface area contributed by atoms with Gasteiger partial charge >= 0.3 is 5.97 Å². The van der Waals surface area contributed by atoms with E-state index in [4.69, 9.17) is 4.74 Å². The maximum Gasteiger partial charge on any atom is 0.320 e. The highest BCUT2D eigenvalue weighted by Gasteiger charge is 2.53. The van der Waals surface area contributed by atoms with Crippen LogP contribution in [-0.2, 0) is 14.3 Å². The van der Waals surface area contributed by atoms with Gasteiger partial charge in [-0.05, 0) is 12.8 Å². The Kier molecular flexibility index (Phi) is 3.33. The highest BCUT2D eigenvalue weighted by atomic mass is 127. The molecule has 4 heteroatoms. The predicted octanol–water partition coefficient (Wildman–Crippen LogP) is 2.26. The van der Waals surface area contributed by atoms with Crippen LogP contribution in [0.25, 0.3) is 0 Å². The van der Waals surface area contributed by atoms with Gasteiger partial charge in [0.1, 0.15) is 17.3 Å². The van der Waals surface area contributed by atoms with Gasteiger partial charge in [-0.25, -0.2) is 0 Å². The monoisotopic (exact) mass is 322 g/mol. The number of carbonyl (C=O) groups is 2. The number of alkyl halides is 1. The molecule has 0 aromatic carbocycles. The quantitative estimate of drug-likeness (QED) is 0.322. The lowest BCUT2D eigenvalue weighted by Crippen LogP contribution is -2.34. The number of hydrogen-bond acceptors (Lipinski definition) is 3. The smallest absolute Gasteiger partial charge is 0.320 e. The summed E-state index contributed by atoms with van der Waals surface area (Å²) in [6.07, 6.45) is 4.82. The highest BCUT2D eigenvalue weighted by molar-refractivity contribution is 14.1. The van der Waals surface area contributed by atoms with Crippen molar-refractivity contribution in [2.45, 2.75) is 44.6 Å². The van der Waals surface area contributed by atoms with Crippen LogP contribution in [0.5, 0.6) is 0 Å². The SMILES string of the molecule is O=C1CCCCC[C@]12C[C@@H](CI)OC2=O. The Hall–Kier alpha value is -0.130. The molecule has 1 saturated carbocycles. The van der Waals surface area contributed by atoms with Gasteiger partial charge in [-0.1, -0.05) is 35.4 Å². The van der Waals surface area contributed by atoms with Crippen LogP contribution in [0.2, 0.25) is 0 Å². The molecular weight excluding hydrogens is 307 g/mol. The van der Waals surface area contributed by atoms with E-state index in [2.05, 4.69) is 22.6 Å². The molecule has 0 aromatic rings. The minimum atomic E-state index is -0.758. The number of hydrogen-bond donors (Lipinski definition) is 0. The van der Waals surface area contributed by atoms with Crippen molar-refractivity contribution in [1.29, 1.82) is 0 Å². The molecule has 1 heterocycles. The molecule has 84 valence electrons. The van der Waals surface area contributed by atoms with Crippen molar-refractivity contribution in [2.24, 2.45) is 5.41 Å². The van der Waals surface area contributed by atoms with Gasteiger partial charge in [-0.15, -0.1) is 0 Å². The van der Waals surface area contributed by atoms with Crippen molar-refractivity contribution in [2.75, 3.05) is 4.43 Å². The molecular formula is C11H15IO3. The number of cyclic esters (lactones) is 1. The third-order valence-corrected chi connectivity index (χ3v) is 4.44. The number of ether oxygens (including phenoxy) is 1. The molecule has 0 N–H and O–H groups in total. The van der Waals surface area contributed by atoms with Crippen molar-refractivity contribution in [1.82, 2.24) is 0 Å². The third-order valence-electron chi connectivity index (χ3n) is 3.45. The van der Waals surface area contributed by atoms with Gasteiger partial charge in [0.05, 0.1) is 0 Å². The van der Waals surface area contributed by atoms with Crippen molar-refractivity contribution in [3.05, 3.63) is 0 Å². The molecule has 0 unspecified atom stereocenters. The normalized spacial score (nSPS) is 36.7. The highest BCUT2D eigenvalue weighted by Crippen LogP contribution is 2.43. The van der Waals surface area contributed by atoms with Crippen LogP contribution in [0.1, 0.15) is 38.5 Å². The molecule has 0 amide bonds. The average molecular weight is 322 g/mol. The number of rotatable bonds is 1. The molecule has 0 radical (unpaired) electrons. The van der Waals surface area contributed by atoms with Crippen LogP contribution in [0.15, 0.2) is 0 Å². The van der Waals surface area contributed by atoms with Crippen LogP contribution in [0.4, 0.5) is 0 Å². The molecule has 2 rings (SSSR count). The number of esters is 1. The maximum absolute atomic E-state index is 12.0. The van der Waals surface area contributed by atoms with E-state index in [1.54, 1.807) is 0 Å². The fourth-order valence-electron chi connectivity index (χ4n) is 2.56. The standard InChI is InChI=1S/C11H15IO3/c12-7-8-6-11(10(14)15-8)5-3-1-2-4-9(11)13/h8H,1-7H2/t8-,11-/m0/s1. The summed E-state index contributed by atoms with van der Waals surface area (Å²) >= 11 is 2.21. The fourth-order valence-corrected chi connectivity index (χ4v) is 3.05. The molecule has 3 nitrogen and oxygen atoms in total. The summed E-state index contributed by atoms with van der Waals surface area (Å²) in [5.41, 5.74) is -0.758. The van der Waals surface area contributed by atoms with Crippen molar-refractivity contribution in [3.63, 3.8) is 0 Å². The third kappa shape index (κ3) is 1.92. The zero-order valence-electron chi connectivity index (χ0n) is 8.63. The molecule has 1 saturated heterocycles. The van der Waals surface area contributed by atoms with Gasteiger partial charge in [0.15, 0.2) is 0 Å². The van der Waals surface area contributed by atoms with Gasteiger partial charge in [-0.3, -0.25) is 9.59 Å². The number of Topliss-reactive ketones (excluding diaryl/α,β-unsaturated/α-hetero) is 1. The van der Waals surface area contributed by atoms with Crippen LogP contribution in [0, 0.1) is 5.41 Å². The van der Waals surface area contributed by atoms with E-state index < -0.39 is 5.41 Å². The minimum absolute atomic E-state index is 0.0415. The molecule has 2 aliphatic rings. The first kappa shape index (κ1) is 11.4. The minimum Gasteiger partial charge on any atom is -0.461 e. The molecule has 1 aliphatic heterocycles. The van der Waals surface area contributed by atoms with Gasteiger partial charge in [0.2, 0.25) is 0 Å². The second kappa shape index (κ2) is 4.39. The largest absolute Gasteiger partial charge is 0.461 e. The van der Waals surface area contributed by atoms with Gasteiger partial charge in [0, 0.05) is 17.3 Å². The predicted molar refractivity (Wildman–Crippen MR) is 63.9 cm³/mol. The molecule has 0 aromatic heterocycles. The second-order valence-electron chi connectivity index (χ2n) is 4.45. The van der Waals surface area contributed by atoms with Crippen LogP contribution in [-0.4, -0.2) is 22.3 Å². The summed E-state index contributed by atoms with van der Waals surface area (Å²) in [7, 11) is 0. The Morgan fingerprint density at radius 2 is 2.13 bits per heavy atom. The topological polar surface area (TPSA) is 43.4 Å². The number of carbonyl (C=O) groups excluding carboxylic acids is 2. The van der Waals surface area contributed by atoms with E-state index in [1.807, 2.05) is 0 Å². The zero-order chi connectivity index (χ0) is 10.9. The molecule has 1 aliphatic carbocycles. The number of ketones is 1. The maximum atomic E-state index is 12.0. The summed E-state index contributed by atoms with van der Waals surface area (Å²) < 4.78 is 6.05. The van der Waals surface area contributed by atoms with Crippen molar-refractivity contribution >= 4 is 34.3 Å². The van der Waals surface area contributed by atoms with Gasteiger partial charge < -0.3 is 4.74 Å². The lowest BCUT2D eigenvalue weighted by Gasteiger charge is -2.20.